The van der Waals surface area contributed by atoms with Crippen molar-refractivity contribution in [2.45, 2.75) is 19.1 Å². The van der Waals surface area contributed by atoms with Gasteiger partial charge >= 0.3 is 6.18 Å². The molecule has 2 aromatic rings. The van der Waals surface area contributed by atoms with E-state index in [2.05, 4.69) is 5.32 Å². The minimum Gasteiger partial charge on any atom is -0.324 e. The van der Waals surface area contributed by atoms with E-state index in [-0.39, 0.29) is 11.4 Å². The number of halogens is 4. The van der Waals surface area contributed by atoms with E-state index < -0.39 is 39.5 Å². The van der Waals surface area contributed by atoms with Crippen molar-refractivity contribution in [1.82, 2.24) is 0 Å². The van der Waals surface area contributed by atoms with E-state index in [0.717, 1.165) is 30.5 Å². The first-order valence-electron chi connectivity index (χ1n) is 7.63. The predicted molar refractivity (Wildman–Crippen MR) is 93.3 cm³/mol. The van der Waals surface area contributed by atoms with Crippen molar-refractivity contribution in [2.75, 3.05) is 15.9 Å². The van der Waals surface area contributed by atoms with Crippen LogP contribution in [0.5, 0.6) is 0 Å². The first kappa shape index (κ1) is 20.7. The fourth-order valence-corrected chi connectivity index (χ4v) is 3.61. The van der Waals surface area contributed by atoms with Crippen LogP contribution in [-0.2, 0) is 21.0 Å². The average Bonchev–Trinajstić information content (AvgIpc) is 2.55. The predicted octanol–water partition coefficient (Wildman–Crippen LogP) is 3.64. The molecular weight excluding hydrogens is 388 g/mol. The highest BCUT2D eigenvalue weighted by Crippen LogP contribution is 2.31. The molecule has 0 saturated carbocycles. The Morgan fingerprint density at radius 2 is 1.74 bits per heavy atom. The third-order valence-electron chi connectivity index (χ3n) is 3.64. The second-order valence-electron chi connectivity index (χ2n) is 5.75. The number of carbonyl (C=O) groups excluding carboxylic acids is 1. The SMILES string of the molecule is C[C@H](C(=O)Nc1cccc(C(F)(F)F)c1)N(c1ccccc1F)S(C)(=O)=O. The van der Waals surface area contributed by atoms with Gasteiger partial charge in [0.2, 0.25) is 15.9 Å². The lowest BCUT2D eigenvalue weighted by Crippen LogP contribution is -2.45. The summed E-state index contributed by atoms with van der Waals surface area (Å²) in [5.41, 5.74) is -1.47. The molecule has 146 valence electrons. The largest absolute Gasteiger partial charge is 0.416 e. The number of nitrogens with one attached hydrogen (secondary N) is 1. The summed E-state index contributed by atoms with van der Waals surface area (Å²) in [6.07, 6.45) is -3.80. The maximum absolute atomic E-state index is 14.0. The smallest absolute Gasteiger partial charge is 0.324 e. The average molecular weight is 404 g/mol. The quantitative estimate of drug-likeness (QED) is 0.774. The fraction of sp³-hybridized carbons (Fsp3) is 0.235. The molecule has 0 heterocycles. The monoisotopic (exact) mass is 404 g/mol. The molecule has 0 fully saturated rings. The van der Waals surface area contributed by atoms with E-state index in [1.165, 1.54) is 31.2 Å². The van der Waals surface area contributed by atoms with Crippen LogP contribution in [0.2, 0.25) is 0 Å². The Balaban J connectivity index is 2.33. The summed E-state index contributed by atoms with van der Waals surface area (Å²) in [6.45, 7) is 1.20. The Morgan fingerprint density at radius 1 is 1.11 bits per heavy atom. The molecule has 1 atom stereocenters. The van der Waals surface area contributed by atoms with Gasteiger partial charge in [0.1, 0.15) is 11.9 Å². The number of rotatable bonds is 5. The van der Waals surface area contributed by atoms with Crippen LogP contribution in [0.1, 0.15) is 12.5 Å². The molecule has 27 heavy (non-hydrogen) atoms. The van der Waals surface area contributed by atoms with Gasteiger partial charge in [0.15, 0.2) is 0 Å². The molecule has 0 aliphatic rings. The highest BCUT2D eigenvalue weighted by molar-refractivity contribution is 7.92. The number of sulfonamides is 1. The zero-order chi connectivity index (χ0) is 20.4. The Labute approximate surface area is 153 Å². The summed E-state index contributed by atoms with van der Waals surface area (Å²) >= 11 is 0. The number of para-hydroxylation sites is 1. The molecule has 0 saturated heterocycles. The summed E-state index contributed by atoms with van der Waals surface area (Å²) in [5, 5.41) is 2.23. The van der Waals surface area contributed by atoms with E-state index in [1.54, 1.807) is 0 Å². The van der Waals surface area contributed by atoms with Gasteiger partial charge in [-0.1, -0.05) is 18.2 Å². The number of anilines is 2. The van der Waals surface area contributed by atoms with Crippen molar-refractivity contribution >= 4 is 27.3 Å². The van der Waals surface area contributed by atoms with Gasteiger partial charge in [0.25, 0.3) is 0 Å². The topological polar surface area (TPSA) is 66.5 Å². The summed E-state index contributed by atoms with van der Waals surface area (Å²) in [6, 6.07) is 7.45. The van der Waals surface area contributed by atoms with Crippen LogP contribution in [0.3, 0.4) is 0 Å². The van der Waals surface area contributed by atoms with Crippen LogP contribution in [0.4, 0.5) is 28.9 Å². The van der Waals surface area contributed by atoms with Crippen LogP contribution >= 0.6 is 0 Å². The molecule has 1 amide bonds. The van der Waals surface area contributed by atoms with Gasteiger partial charge in [0.05, 0.1) is 17.5 Å². The lowest BCUT2D eigenvalue weighted by molar-refractivity contribution is -0.137. The summed E-state index contributed by atoms with van der Waals surface area (Å²) < 4.78 is 77.1. The highest BCUT2D eigenvalue weighted by Gasteiger charge is 2.32. The van der Waals surface area contributed by atoms with Crippen molar-refractivity contribution in [3.8, 4) is 0 Å². The van der Waals surface area contributed by atoms with Crippen LogP contribution < -0.4 is 9.62 Å². The van der Waals surface area contributed by atoms with E-state index in [9.17, 15) is 30.8 Å². The molecule has 0 aromatic heterocycles. The van der Waals surface area contributed by atoms with Crippen LogP contribution in [0, 0.1) is 5.82 Å². The van der Waals surface area contributed by atoms with E-state index in [1.807, 2.05) is 0 Å². The van der Waals surface area contributed by atoms with Gasteiger partial charge in [-0.25, -0.2) is 12.8 Å². The lowest BCUT2D eigenvalue weighted by Gasteiger charge is -2.28. The Kier molecular flexibility index (Phi) is 5.79. The van der Waals surface area contributed by atoms with Gasteiger partial charge in [0, 0.05) is 5.69 Å². The minimum absolute atomic E-state index is 0.163. The molecule has 0 bridgehead atoms. The molecule has 0 unspecified atom stereocenters. The number of amides is 1. The molecule has 5 nitrogen and oxygen atoms in total. The third kappa shape index (κ3) is 4.97. The maximum Gasteiger partial charge on any atom is 0.416 e. The number of nitrogens with zero attached hydrogens (tertiary/aromatic N) is 1. The molecular formula is C17H16F4N2O3S. The second-order valence-corrected chi connectivity index (χ2v) is 7.61. The standard InChI is InChI=1S/C17H16F4N2O3S/c1-11(23(27(2,25)26)15-9-4-3-8-14(15)18)16(24)22-13-7-5-6-12(10-13)17(19,20)21/h3-11H,1-2H3,(H,22,24)/t11-/m1/s1. The summed E-state index contributed by atoms with van der Waals surface area (Å²) in [5.74, 6) is -1.77. The van der Waals surface area contributed by atoms with Crippen molar-refractivity contribution < 1.29 is 30.8 Å². The van der Waals surface area contributed by atoms with Gasteiger partial charge in [-0.2, -0.15) is 13.2 Å². The Hall–Kier alpha value is -2.62. The van der Waals surface area contributed by atoms with Gasteiger partial charge in [-0.05, 0) is 37.3 Å². The van der Waals surface area contributed by atoms with E-state index in [0.29, 0.717) is 4.31 Å². The van der Waals surface area contributed by atoms with Gasteiger partial charge in [-0.3, -0.25) is 9.10 Å². The number of benzene rings is 2. The fourth-order valence-electron chi connectivity index (χ4n) is 2.43. The summed E-state index contributed by atoms with van der Waals surface area (Å²) in [4.78, 5) is 12.4. The van der Waals surface area contributed by atoms with Crippen LogP contribution in [0.15, 0.2) is 48.5 Å². The first-order chi connectivity index (χ1) is 12.4. The molecule has 2 aromatic carbocycles. The van der Waals surface area contributed by atoms with Crippen molar-refractivity contribution in [3.05, 3.63) is 59.9 Å². The van der Waals surface area contributed by atoms with Gasteiger partial charge in [-0.15, -0.1) is 0 Å². The number of alkyl halides is 3. The molecule has 10 heteroatoms. The van der Waals surface area contributed by atoms with E-state index >= 15 is 0 Å². The normalized spacial score (nSPS) is 13.1. The third-order valence-corrected chi connectivity index (χ3v) is 4.86. The van der Waals surface area contributed by atoms with Crippen molar-refractivity contribution in [3.63, 3.8) is 0 Å². The van der Waals surface area contributed by atoms with E-state index in [4.69, 9.17) is 0 Å². The zero-order valence-corrected chi connectivity index (χ0v) is 15.1. The number of carbonyl (C=O) groups is 1. The number of hydrogen-bond acceptors (Lipinski definition) is 3. The highest BCUT2D eigenvalue weighted by atomic mass is 32.2. The summed E-state index contributed by atoms with van der Waals surface area (Å²) in [7, 11) is -4.06. The second kappa shape index (κ2) is 7.55. The molecule has 0 aliphatic carbocycles. The first-order valence-corrected chi connectivity index (χ1v) is 9.48. The molecule has 0 radical (unpaired) electrons. The molecule has 1 N–H and O–H groups in total. The molecule has 0 aliphatic heterocycles. The van der Waals surface area contributed by atoms with Crippen molar-refractivity contribution in [2.24, 2.45) is 0 Å². The minimum atomic E-state index is -4.60. The Morgan fingerprint density at radius 3 is 2.30 bits per heavy atom. The number of hydrogen-bond donors (Lipinski definition) is 1. The van der Waals surface area contributed by atoms with Crippen molar-refractivity contribution in [1.29, 1.82) is 0 Å². The van der Waals surface area contributed by atoms with Gasteiger partial charge < -0.3 is 5.32 Å². The zero-order valence-electron chi connectivity index (χ0n) is 14.3. The molecule has 2 rings (SSSR count). The Bertz CT molecular complexity index is 945. The van der Waals surface area contributed by atoms with Crippen LogP contribution in [-0.4, -0.2) is 26.6 Å². The molecule has 0 spiro atoms. The lowest BCUT2D eigenvalue weighted by atomic mass is 10.2. The maximum atomic E-state index is 14.0. The van der Waals surface area contributed by atoms with Crippen LogP contribution in [0.25, 0.3) is 0 Å².